The second-order valence-electron chi connectivity index (χ2n) is 5.93. The third kappa shape index (κ3) is 3.71. The molecule has 1 aliphatic rings. The van der Waals surface area contributed by atoms with Gasteiger partial charge >= 0.3 is 0 Å². The molecule has 0 saturated heterocycles. The molecule has 0 spiro atoms. The van der Waals surface area contributed by atoms with Crippen molar-refractivity contribution in [2.75, 3.05) is 19.3 Å². The second kappa shape index (κ2) is 6.55. The third-order valence-electron chi connectivity index (χ3n) is 4.20. The molecule has 0 bridgehead atoms. The molecular weight excluding hydrogens is 308 g/mol. The number of hydrogen-bond acceptors (Lipinski definition) is 3. The zero-order valence-corrected chi connectivity index (χ0v) is 14.2. The van der Waals surface area contributed by atoms with E-state index in [1.807, 2.05) is 0 Å². The highest BCUT2D eigenvalue weighted by Gasteiger charge is 2.25. The van der Waals surface area contributed by atoms with E-state index in [1.165, 1.54) is 29.6 Å². The summed E-state index contributed by atoms with van der Waals surface area (Å²) in [6.07, 6.45) is 5.89. The number of nitrogen functional groups attached to an aromatic ring is 1. The van der Waals surface area contributed by atoms with Crippen molar-refractivity contribution in [3.8, 4) is 0 Å². The van der Waals surface area contributed by atoms with E-state index < -0.39 is 10.0 Å². The molecule has 1 fully saturated rings. The lowest BCUT2D eigenvalue weighted by molar-refractivity contribution is 0.300. The fourth-order valence-electron chi connectivity index (χ4n) is 2.92. The summed E-state index contributed by atoms with van der Waals surface area (Å²) < 4.78 is 26.7. The van der Waals surface area contributed by atoms with Crippen LogP contribution in [-0.4, -0.2) is 26.3 Å². The highest BCUT2D eigenvalue weighted by atomic mass is 35.5. The van der Waals surface area contributed by atoms with Crippen molar-refractivity contribution in [1.82, 2.24) is 4.31 Å². The molecule has 118 valence electrons. The molecule has 2 N–H and O–H groups in total. The molecule has 4 nitrogen and oxygen atoms in total. The number of rotatable bonds is 4. The Labute approximate surface area is 132 Å². The van der Waals surface area contributed by atoms with Gasteiger partial charge in [-0.3, -0.25) is 0 Å². The van der Waals surface area contributed by atoms with E-state index in [1.54, 1.807) is 20.0 Å². The average Bonchev–Trinajstić information content (AvgIpc) is 2.45. The number of nitrogens with two attached hydrogens (primary N) is 1. The van der Waals surface area contributed by atoms with Gasteiger partial charge in [0, 0.05) is 13.6 Å². The molecule has 21 heavy (non-hydrogen) atoms. The molecule has 2 rings (SSSR count). The predicted octanol–water partition coefficient (Wildman–Crippen LogP) is 3.43. The molecule has 0 aromatic heterocycles. The third-order valence-corrected chi connectivity index (χ3v) is 6.52. The monoisotopic (exact) mass is 330 g/mol. The molecule has 0 radical (unpaired) electrons. The number of nitrogens with zero attached hydrogens (tertiary/aromatic N) is 1. The molecule has 1 aliphatic carbocycles. The van der Waals surface area contributed by atoms with E-state index in [4.69, 9.17) is 17.3 Å². The SMILES string of the molecule is Cc1cc(S(=O)(=O)N(C)CC2CCCCC2)cc(N)c1Cl. The van der Waals surface area contributed by atoms with Crippen LogP contribution in [0.1, 0.15) is 37.7 Å². The number of hydrogen-bond donors (Lipinski definition) is 1. The number of sulfonamides is 1. The first kappa shape index (κ1) is 16.6. The smallest absolute Gasteiger partial charge is 0.242 e. The Morgan fingerprint density at radius 2 is 1.90 bits per heavy atom. The Kier molecular flexibility index (Phi) is 5.17. The second-order valence-corrected chi connectivity index (χ2v) is 8.36. The van der Waals surface area contributed by atoms with E-state index in [9.17, 15) is 8.42 Å². The lowest BCUT2D eigenvalue weighted by atomic mass is 9.89. The van der Waals surface area contributed by atoms with Crippen LogP contribution in [0.25, 0.3) is 0 Å². The van der Waals surface area contributed by atoms with Crippen LogP contribution in [-0.2, 0) is 10.0 Å². The van der Waals surface area contributed by atoms with Crippen LogP contribution < -0.4 is 5.73 Å². The quantitative estimate of drug-likeness (QED) is 0.860. The minimum atomic E-state index is -3.51. The van der Waals surface area contributed by atoms with Crippen LogP contribution in [0.4, 0.5) is 5.69 Å². The first-order valence-corrected chi connectivity index (χ1v) is 9.16. The van der Waals surface area contributed by atoms with Crippen LogP contribution in [0.2, 0.25) is 5.02 Å². The fraction of sp³-hybridized carbons (Fsp3) is 0.600. The summed E-state index contributed by atoms with van der Waals surface area (Å²) in [5.41, 5.74) is 6.78. The first-order valence-electron chi connectivity index (χ1n) is 7.34. The average molecular weight is 331 g/mol. The number of benzene rings is 1. The molecule has 0 heterocycles. The summed E-state index contributed by atoms with van der Waals surface area (Å²) in [4.78, 5) is 0.222. The van der Waals surface area contributed by atoms with Gasteiger partial charge in [0.15, 0.2) is 0 Å². The zero-order chi connectivity index (χ0) is 15.6. The lowest BCUT2D eigenvalue weighted by Crippen LogP contribution is -2.32. The summed E-state index contributed by atoms with van der Waals surface area (Å²) in [5.74, 6) is 0.462. The van der Waals surface area contributed by atoms with Crippen molar-refractivity contribution >= 4 is 27.3 Å². The largest absolute Gasteiger partial charge is 0.397 e. The van der Waals surface area contributed by atoms with Gasteiger partial charge in [0.05, 0.1) is 15.6 Å². The molecule has 1 saturated carbocycles. The van der Waals surface area contributed by atoms with Gasteiger partial charge in [0.25, 0.3) is 0 Å². The molecule has 0 amide bonds. The molecule has 0 unspecified atom stereocenters. The number of aryl methyl sites for hydroxylation is 1. The lowest BCUT2D eigenvalue weighted by Gasteiger charge is -2.26. The fourth-order valence-corrected chi connectivity index (χ4v) is 4.40. The van der Waals surface area contributed by atoms with Gasteiger partial charge in [-0.25, -0.2) is 12.7 Å². The first-order chi connectivity index (χ1) is 9.82. The van der Waals surface area contributed by atoms with Crippen LogP contribution in [0.5, 0.6) is 0 Å². The van der Waals surface area contributed by atoms with Gasteiger partial charge in [-0.15, -0.1) is 0 Å². The van der Waals surface area contributed by atoms with Gasteiger partial charge in [-0.05, 0) is 43.4 Å². The van der Waals surface area contributed by atoms with Crippen molar-refractivity contribution in [1.29, 1.82) is 0 Å². The summed E-state index contributed by atoms with van der Waals surface area (Å²) in [6.45, 7) is 2.34. The molecule has 6 heteroatoms. The van der Waals surface area contributed by atoms with Gasteiger partial charge in [-0.1, -0.05) is 30.9 Å². The van der Waals surface area contributed by atoms with E-state index in [0.29, 0.717) is 28.7 Å². The Morgan fingerprint density at radius 3 is 2.48 bits per heavy atom. The maximum Gasteiger partial charge on any atom is 0.242 e. The van der Waals surface area contributed by atoms with Gasteiger partial charge < -0.3 is 5.73 Å². The normalized spacial score (nSPS) is 17.3. The molecular formula is C15H23ClN2O2S. The number of halogens is 1. The Morgan fingerprint density at radius 1 is 1.29 bits per heavy atom. The number of anilines is 1. The topological polar surface area (TPSA) is 63.4 Å². The van der Waals surface area contributed by atoms with Crippen LogP contribution in [0.15, 0.2) is 17.0 Å². The Hall–Kier alpha value is -0.780. The van der Waals surface area contributed by atoms with E-state index in [-0.39, 0.29) is 4.90 Å². The van der Waals surface area contributed by atoms with Crippen molar-refractivity contribution < 1.29 is 8.42 Å². The van der Waals surface area contributed by atoms with E-state index in [0.717, 1.165) is 12.8 Å². The van der Waals surface area contributed by atoms with Crippen LogP contribution in [0, 0.1) is 12.8 Å². The van der Waals surface area contributed by atoms with E-state index >= 15 is 0 Å². The summed E-state index contributed by atoms with van der Waals surface area (Å²) in [7, 11) is -1.86. The Bertz CT molecular complexity index is 587. The van der Waals surface area contributed by atoms with Crippen LogP contribution in [0.3, 0.4) is 0 Å². The zero-order valence-electron chi connectivity index (χ0n) is 12.6. The standard InChI is InChI=1S/C15H23ClN2O2S/c1-11-8-13(9-14(17)15(11)16)21(19,20)18(2)10-12-6-4-3-5-7-12/h8-9,12H,3-7,10,17H2,1-2H3. The highest BCUT2D eigenvalue weighted by molar-refractivity contribution is 7.89. The highest BCUT2D eigenvalue weighted by Crippen LogP contribution is 2.30. The maximum atomic E-state index is 12.6. The van der Waals surface area contributed by atoms with E-state index in [2.05, 4.69) is 0 Å². The molecule has 0 aliphatic heterocycles. The molecule has 1 aromatic rings. The Balaban J connectivity index is 2.20. The summed E-state index contributed by atoms with van der Waals surface area (Å²) in [6, 6.07) is 3.04. The molecule has 0 atom stereocenters. The van der Waals surface area contributed by atoms with Gasteiger partial charge in [-0.2, -0.15) is 0 Å². The van der Waals surface area contributed by atoms with Crippen molar-refractivity contribution in [2.45, 2.75) is 43.9 Å². The van der Waals surface area contributed by atoms with Crippen molar-refractivity contribution in [3.63, 3.8) is 0 Å². The maximum absolute atomic E-state index is 12.6. The van der Waals surface area contributed by atoms with Crippen LogP contribution >= 0.6 is 11.6 Å². The van der Waals surface area contributed by atoms with Crippen molar-refractivity contribution in [2.24, 2.45) is 5.92 Å². The summed E-state index contributed by atoms with van der Waals surface area (Å²) >= 11 is 6.00. The molecule has 1 aromatic carbocycles. The van der Waals surface area contributed by atoms with Crippen molar-refractivity contribution in [3.05, 3.63) is 22.7 Å². The minimum absolute atomic E-state index is 0.222. The summed E-state index contributed by atoms with van der Waals surface area (Å²) in [5, 5.41) is 0.420. The minimum Gasteiger partial charge on any atom is -0.397 e. The van der Waals surface area contributed by atoms with Gasteiger partial charge in [0.1, 0.15) is 0 Å². The predicted molar refractivity (Wildman–Crippen MR) is 87.0 cm³/mol. The van der Waals surface area contributed by atoms with Gasteiger partial charge in [0.2, 0.25) is 10.0 Å².